The molecule has 0 saturated heterocycles. The second kappa shape index (κ2) is 7.77. The minimum Gasteiger partial charge on any atom is -0.503 e. The average Bonchev–Trinajstić information content (AvgIpc) is 3.14. The third-order valence-electron chi connectivity index (χ3n) is 9.05. The van der Waals surface area contributed by atoms with Gasteiger partial charge in [0, 0.05) is 51.1 Å². The third kappa shape index (κ3) is 2.98. The summed E-state index contributed by atoms with van der Waals surface area (Å²) in [5.74, 6) is -20.8. The Morgan fingerprint density at radius 2 is 0.775 bits per heavy atom. The van der Waals surface area contributed by atoms with Crippen molar-refractivity contribution < 1.29 is 59.9 Å². The molecule has 4 aliphatic carbocycles. The van der Waals surface area contributed by atoms with Gasteiger partial charge in [-0.05, 0) is 32.1 Å². The molecule has 4 bridgehead atoms. The van der Waals surface area contributed by atoms with E-state index in [0.29, 0.717) is 0 Å². The molecular formula is C27H17F9O4. The zero-order valence-electron chi connectivity index (χ0n) is 20.0. The molecule has 0 amide bonds. The number of hydrogen-bond donors (Lipinski definition) is 4. The van der Waals surface area contributed by atoms with Crippen molar-refractivity contribution in [3.63, 3.8) is 0 Å². The Hall–Kier alpha value is -3.61. The van der Waals surface area contributed by atoms with Gasteiger partial charge in [0.1, 0.15) is 17.5 Å². The lowest BCUT2D eigenvalue weighted by Crippen LogP contribution is -2.46. The van der Waals surface area contributed by atoms with Crippen molar-refractivity contribution in [3.05, 3.63) is 87.2 Å². The molecule has 0 aliphatic heterocycles. The summed E-state index contributed by atoms with van der Waals surface area (Å²) in [6, 6.07) is 0.271. The first-order chi connectivity index (χ1) is 18.5. The topological polar surface area (TPSA) is 80.9 Å². The molecule has 4 nitrogen and oxygen atoms in total. The minimum absolute atomic E-state index is 0.0754. The van der Waals surface area contributed by atoms with Crippen LogP contribution in [0.2, 0.25) is 0 Å². The molecule has 2 atom stereocenters. The van der Waals surface area contributed by atoms with E-state index in [2.05, 4.69) is 0 Å². The molecular weight excluding hydrogens is 559 g/mol. The molecule has 0 heterocycles. The van der Waals surface area contributed by atoms with Gasteiger partial charge >= 0.3 is 0 Å². The molecule has 0 radical (unpaired) electrons. The van der Waals surface area contributed by atoms with Gasteiger partial charge in [-0.2, -0.15) is 0 Å². The first-order valence-corrected chi connectivity index (χ1v) is 11.9. The molecule has 7 rings (SSSR count). The summed E-state index contributed by atoms with van der Waals surface area (Å²) in [5, 5.41) is 41.5. The van der Waals surface area contributed by atoms with Crippen LogP contribution < -0.4 is 0 Å². The van der Waals surface area contributed by atoms with Crippen LogP contribution in [0, 0.1) is 52.4 Å². The van der Waals surface area contributed by atoms with Gasteiger partial charge in [-0.15, -0.1) is 0 Å². The summed E-state index contributed by atoms with van der Waals surface area (Å²) in [6.45, 7) is 0. The number of benzene rings is 3. The number of aliphatic hydroxyl groups is 1. The molecule has 3 aromatic rings. The molecule has 212 valence electrons. The fourth-order valence-corrected chi connectivity index (χ4v) is 8.29. The zero-order chi connectivity index (χ0) is 29.3. The van der Waals surface area contributed by atoms with Crippen LogP contribution in [0.15, 0.2) is 18.2 Å². The highest BCUT2D eigenvalue weighted by atomic mass is 19.2. The van der Waals surface area contributed by atoms with E-state index in [1.165, 1.54) is 0 Å². The van der Waals surface area contributed by atoms with Crippen molar-refractivity contribution in [3.8, 4) is 17.2 Å². The fourth-order valence-electron chi connectivity index (χ4n) is 8.29. The quantitative estimate of drug-likeness (QED) is 0.293. The molecule has 0 spiro atoms. The van der Waals surface area contributed by atoms with E-state index in [1.54, 1.807) is 0 Å². The molecule has 4 N–H and O–H groups in total. The normalized spacial score (nSPS) is 30.4. The van der Waals surface area contributed by atoms with Crippen molar-refractivity contribution >= 4 is 0 Å². The highest BCUT2D eigenvalue weighted by Crippen LogP contribution is 2.79. The summed E-state index contributed by atoms with van der Waals surface area (Å²) in [7, 11) is 0. The smallest absolute Gasteiger partial charge is 0.188 e. The Morgan fingerprint density at radius 1 is 0.450 bits per heavy atom. The second-order valence-corrected chi connectivity index (χ2v) is 11.2. The highest BCUT2D eigenvalue weighted by Gasteiger charge is 2.79. The van der Waals surface area contributed by atoms with Gasteiger partial charge < -0.3 is 20.4 Å². The largest absolute Gasteiger partial charge is 0.503 e. The Morgan fingerprint density at radius 3 is 1.15 bits per heavy atom. The number of rotatable bonds is 3. The van der Waals surface area contributed by atoms with Crippen molar-refractivity contribution in [2.45, 2.75) is 54.0 Å². The summed E-state index contributed by atoms with van der Waals surface area (Å²) >= 11 is 0. The molecule has 4 aliphatic rings. The van der Waals surface area contributed by atoms with E-state index < -0.39 is 140 Å². The number of aromatic hydroxyl groups is 3. The van der Waals surface area contributed by atoms with Crippen molar-refractivity contribution in [1.82, 2.24) is 0 Å². The average molecular weight is 576 g/mol. The van der Waals surface area contributed by atoms with Gasteiger partial charge in [0.05, 0.1) is 5.60 Å². The molecule has 4 saturated carbocycles. The molecule has 0 aromatic heterocycles. The van der Waals surface area contributed by atoms with Gasteiger partial charge in [-0.1, -0.05) is 0 Å². The predicted molar refractivity (Wildman–Crippen MR) is 117 cm³/mol. The maximum atomic E-state index is 15.6. The van der Waals surface area contributed by atoms with Crippen molar-refractivity contribution in [2.75, 3.05) is 0 Å². The van der Waals surface area contributed by atoms with Gasteiger partial charge in [0.2, 0.25) is 0 Å². The Labute approximate surface area is 218 Å². The Kier molecular flexibility index (Phi) is 5.17. The zero-order valence-corrected chi connectivity index (χ0v) is 20.0. The summed E-state index contributed by atoms with van der Waals surface area (Å²) < 4.78 is 135. The Bertz CT molecular complexity index is 1580. The van der Waals surface area contributed by atoms with E-state index in [0.717, 1.165) is 0 Å². The van der Waals surface area contributed by atoms with Crippen LogP contribution in [0.4, 0.5) is 39.5 Å². The van der Waals surface area contributed by atoms with Crippen LogP contribution >= 0.6 is 0 Å². The lowest BCUT2D eigenvalue weighted by Gasteiger charge is -2.46. The lowest BCUT2D eigenvalue weighted by molar-refractivity contribution is -0.0296. The Balaban J connectivity index is 1.77. The molecule has 40 heavy (non-hydrogen) atoms. The van der Waals surface area contributed by atoms with Crippen molar-refractivity contribution in [2.24, 2.45) is 0 Å². The number of hydrogen-bond acceptors (Lipinski definition) is 4. The predicted octanol–water partition coefficient (Wildman–Crippen LogP) is 5.89. The fraction of sp³-hybridized carbons (Fsp3) is 0.333. The lowest BCUT2D eigenvalue weighted by atomic mass is 9.60. The van der Waals surface area contributed by atoms with Crippen LogP contribution in [0.5, 0.6) is 17.2 Å². The van der Waals surface area contributed by atoms with Crippen LogP contribution in [0.1, 0.15) is 48.8 Å². The monoisotopic (exact) mass is 576 g/mol. The molecule has 2 unspecified atom stereocenters. The van der Waals surface area contributed by atoms with Crippen LogP contribution in [-0.4, -0.2) is 26.0 Å². The highest BCUT2D eigenvalue weighted by molar-refractivity contribution is 5.57. The first-order valence-electron chi connectivity index (χ1n) is 11.9. The van der Waals surface area contributed by atoms with Crippen LogP contribution in [0.3, 0.4) is 0 Å². The minimum atomic E-state index is -2.39. The van der Waals surface area contributed by atoms with Gasteiger partial charge in [0.15, 0.2) is 52.2 Å². The standard InChI is InChI=1S/C27H17F9O4/c28-9-1-12(31)21(37)18(34)15(9)24-4-25(40)7-26(5-24,16-10(29)2-13(32)22(38)19(16)35)27(6-24,8-25)17-11(30)3-14(33)23(39)20(17)36/h1-3,37-40H,4-8H2. The maximum Gasteiger partial charge on any atom is 0.188 e. The SMILES string of the molecule is Oc1c(F)cc(F)c(C23CC4(O)CC(c5c(F)cc(F)c(O)c5F)(C2)C(c2c(F)cc(F)c(O)c2F)(C4)C3)c1F. The van der Waals surface area contributed by atoms with E-state index in [9.17, 15) is 33.6 Å². The van der Waals surface area contributed by atoms with E-state index >= 15 is 26.3 Å². The van der Waals surface area contributed by atoms with E-state index in [-0.39, 0.29) is 18.2 Å². The van der Waals surface area contributed by atoms with Crippen LogP contribution in [0.25, 0.3) is 0 Å². The van der Waals surface area contributed by atoms with Gasteiger partial charge in [0.25, 0.3) is 0 Å². The molecule has 4 fully saturated rings. The summed E-state index contributed by atoms with van der Waals surface area (Å²) in [5.41, 5.74) is -12.5. The maximum absolute atomic E-state index is 15.6. The van der Waals surface area contributed by atoms with E-state index in [4.69, 9.17) is 0 Å². The van der Waals surface area contributed by atoms with E-state index in [1.807, 2.05) is 0 Å². The van der Waals surface area contributed by atoms with Crippen LogP contribution in [-0.2, 0) is 16.2 Å². The third-order valence-corrected chi connectivity index (χ3v) is 9.05. The van der Waals surface area contributed by atoms with Crippen molar-refractivity contribution in [1.29, 1.82) is 0 Å². The summed E-state index contributed by atoms with van der Waals surface area (Å²) in [6.07, 6.45) is -3.66. The first kappa shape index (κ1) is 26.6. The van der Waals surface area contributed by atoms with Gasteiger partial charge in [-0.3, -0.25) is 0 Å². The van der Waals surface area contributed by atoms with Gasteiger partial charge in [-0.25, -0.2) is 39.5 Å². The molecule has 13 heteroatoms. The number of phenolic OH excluding ortho intramolecular Hbond substituents is 3. The number of halogens is 9. The molecule has 3 aromatic carbocycles. The second-order valence-electron chi connectivity index (χ2n) is 11.2. The number of phenols is 3. The summed E-state index contributed by atoms with van der Waals surface area (Å²) in [4.78, 5) is 0.